The van der Waals surface area contributed by atoms with E-state index in [9.17, 15) is 4.79 Å². The third kappa shape index (κ3) is 2.61. The Morgan fingerprint density at radius 2 is 1.21 bits per heavy atom. The molecule has 3 heteroatoms. The third-order valence-corrected chi connectivity index (χ3v) is 6.93. The lowest BCUT2D eigenvalue weighted by atomic mass is 9.78. The zero-order valence-corrected chi connectivity index (χ0v) is 16.7. The highest BCUT2D eigenvalue weighted by Crippen LogP contribution is 2.60. The van der Waals surface area contributed by atoms with E-state index >= 15 is 0 Å². The SMILES string of the molecule is O=C(C1(c2cccc(CBr)c2)CC1)C1(c2cccc(CBr)c2)CC1. The van der Waals surface area contributed by atoms with Gasteiger partial charge in [0.2, 0.25) is 0 Å². The van der Waals surface area contributed by atoms with Crippen molar-refractivity contribution in [1.82, 2.24) is 0 Å². The predicted octanol–water partition coefficient (Wildman–Crippen LogP) is 5.81. The van der Waals surface area contributed by atoms with E-state index in [1.54, 1.807) is 0 Å². The minimum Gasteiger partial charge on any atom is -0.298 e. The second kappa shape index (κ2) is 6.10. The van der Waals surface area contributed by atoms with Crippen LogP contribution in [0.5, 0.6) is 0 Å². The predicted molar refractivity (Wildman–Crippen MR) is 105 cm³/mol. The average Bonchev–Trinajstić information content (AvgIpc) is 3.55. The van der Waals surface area contributed by atoms with Crippen LogP contribution in [0.4, 0.5) is 0 Å². The van der Waals surface area contributed by atoms with Crippen LogP contribution in [0.1, 0.15) is 47.9 Å². The Morgan fingerprint density at radius 3 is 1.54 bits per heavy atom. The van der Waals surface area contributed by atoms with Gasteiger partial charge >= 0.3 is 0 Å². The first-order valence-corrected chi connectivity index (χ1v) is 10.7. The quantitative estimate of drug-likeness (QED) is 0.510. The van der Waals surface area contributed by atoms with Gasteiger partial charge in [-0.15, -0.1) is 0 Å². The molecule has 2 aliphatic rings. The van der Waals surface area contributed by atoms with Crippen molar-refractivity contribution in [2.45, 2.75) is 47.2 Å². The number of benzene rings is 2. The van der Waals surface area contributed by atoms with Crippen molar-refractivity contribution >= 4 is 37.6 Å². The molecule has 2 fully saturated rings. The number of hydrogen-bond acceptors (Lipinski definition) is 1. The van der Waals surface area contributed by atoms with E-state index in [0.717, 1.165) is 36.3 Å². The molecule has 0 radical (unpaired) electrons. The summed E-state index contributed by atoms with van der Waals surface area (Å²) in [6.45, 7) is 0. The summed E-state index contributed by atoms with van der Waals surface area (Å²) in [7, 11) is 0. The van der Waals surface area contributed by atoms with Gasteiger partial charge in [0.25, 0.3) is 0 Å². The zero-order chi connectivity index (χ0) is 16.8. The van der Waals surface area contributed by atoms with E-state index in [-0.39, 0.29) is 10.8 Å². The lowest BCUT2D eigenvalue weighted by molar-refractivity contribution is -0.124. The molecule has 2 aliphatic carbocycles. The molecule has 124 valence electrons. The van der Waals surface area contributed by atoms with Crippen LogP contribution in [0, 0.1) is 0 Å². The van der Waals surface area contributed by atoms with Gasteiger partial charge in [-0.3, -0.25) is 4.79 Å². The molecule has 24 heavy (non-hydrogen) atoms. The van der Waals surface area contributed by atoms with Crippen molar-refractivity contribution in [3.05, 3.63) is 70.8 Å². The monoisotopic (exact) mass is 446 g/mol. The van der Waals surface area contributed by atoms with Gasteiger partial charge in [-0.1, -0.05) is 80.4 Å². The van der Waals surface area contributed by atoms with Crippen molar-refractivity contribution in [3.63, 3.8) is 0 Å². The fraction of sp³-hybridized carbons (Fsp3) is 0.381. The standard InChI is InChI=1S/C21H20Br2O/c22-13-15-3-1-5-17(11-15)20(7-8-20)19(24)21(9-10-21)18-6-2-4-16(12-18)14-23/h1-6,11-12H,7-10,13-14H2. The van der Waals surface area contributed by atoms with Gasteiger partial charge in [-0.05, 0) is 47.9 Å². The molecule has 0 amide bonds. The first-order chi connectivity index (χ1) is 11.6. The van der Waals surface area contributed by atoms with Gasteiger partial charge in [0, 0.05) is 10.7 Å². The van der Waals surface area contributed by atoms with Gasteiger partial charge in [-0.25, -0.2) is 0 Å². The number of alkyl halides is 2. The molecule has 0 N–H and O–H groups in total. The number of rotatable bonds is 6. The molecule has 2 aromatic rings. The Bertz CT molecular complexity index is 722. The molecule has 0 saturated heterocycles. The number of ketones is 1. The fourth-order valence-electron chi connectivity index (χ4n) is 3.91. The first-order valence-electron chi connectivity index (χ1n) is 8.50. The van der Waals surface area contributed by atoms with Crippen LogP contribution < -0.4 is 0 Å². The molecule has 0 spiro atoms. The van der Waals surface area contributed by atoms with E-state index in [4.69, 9.17) is 0 Å². The fourth-order valence-corrected chi connectivity index (χ4v) is 4.60. The van der Waals surface area contributed by atoms with Crippen LogP contribution in [0.2, 0.25) is 0 Å². The molecular weight excluding hydrogens is 428 g/mol. The maximum Gasteiger partial charge on any atom is 0.153 e. The first kappa shape index (κ1) is 16.5. The number of Topliss-reactive ketones (excluding diaryl/α,β-unsaturated/α-hetero) is 1. The second-order valence-corrected chi connectivity index (χ2v) is 8.28. The Morgan fingerprint density at radius 1 is 0.792 bits per heavy atom. The molecule has 0 atom stereocenters. The summed E-state index contributed by atoms with van der Waals surface area (Å²) in [6, 6.07) is 17.1. The summed E-state index contributed by atoms with van der Waals surface area (Å²) in [4.78, 5) is 13.6. The van der Waals surface area contributed by atoms with Crippen molar-refractivity contribution < 1.29 is 4.79 Å². The van der Waals surface area contributed by atoms with E-state index in [1.807, 2.05) is 0 Å². The van der Waals surface area contributed by atoms with Crippen LogP contribution in [-0.2, 0) is 26.3 Å². The van der Waals surface area contributed by atoms with Crippen LogP contribution >= 0.6 is 31.9 Å². The molecule has 2 aromatic carbocycles. The summed E-state index contributed by atoms with van der Waals surface area (Å²) < 4.78 is 0. The van der Waals surface area contributed by atoms with Crippen LogP contribution in [0.15, 0.2) is 48.5 Å². The van der Waals surface area contributed by atoms with E-state index in [0.29, 0.717) is 5.78 Å². The lowest BCUT2D eigenvalue weighted by Gasteiger charge is -2.23. The second-order valence-electron chi connectivity index (χ2n) is 7.16. The van der Waals surface area contributed by atoms with Gasteiger partial charge in [-0.2, -0.15) is 0 Å². The number of carbonyl (C=O) groups excluding carboxylic acids is 1. The normalized spacial score (nSPS) is 19.8. The van der Waals surface area contributed by atoms with Gasteiger partial charge in [0.05, 0.1) is 10.8 Å². The zero-order valence-electron chi connectivity index (χ0n) is 13.5. The summed E-state index contributed by atoms with van der Waals surface area (Å²) in [5.41, 5.74) is 4.45. The van der Waals surface area contributed by atoms with Gasteiger partial charge in [0.1, 0.15) is 0 Å². The Kier molecular flexibility index (Phi) is 4.20. The lowest BCUT2D eigenvalue weighted by Crippen LogP contribution is -2.32. The highest BCUT2D eigenvalue weighted by molar-refractivity contribution is 9.08. The Balaban J connectivity index is 1.70. The van der Waals surface area contributed by atoms with Crippen LogP contribution in [0.3, 0.4) is 0 Å². The van der Waals surface area contributed by atoms with Crippen molar-refractivity contribution in [2.75, 3.05) is 0 Å². The smallest absolute Gasteiger partial charge is 0.153 e. The average molecular weight is 448 g/mol. The Labute approximate surface area is 160 Å². The molecule has 0 bridgehead atoms. The van der Waals surface area contributed by atoms with Crippen molar-refractivity contribution in [2.24, 2.45) is 0 Å². The molecule has 4 rings (SSSR count). The summed E-state index contributed by atoms with van der Waals surface area (Å²) >= 11 is 7.06. The Hall–Kier alpha value is -0.930. The highest BCUT2D eigenvalue weighted by atomic mass is 79.9. The number of carbonyl (C=O) groups is 1. The third-order valence-electron chi connectivity index (χ3n) is 5.64. The van der Waals surface area contributed by atoms with Crippen LogP contribution in [0.25, 0.3) is 0 Å². The van der Waals surface area contributed by atoms with E-state index in [1.165, 1.54) is 22.3 Å². The largest absolute Gasteiger partial charge is 0.298 e. The van der Waals surface area contributed by atoms with Crippen LogP contribution in [-0.4, -0.2) is 5.78 Å². The number of hydrogen-bond donors (Lipinski definition) is 0. The molecule has 0 aromatic heterocycles. The minimum atomic E-state index is -0.237. The minimum absolute atomic E-state index is 0.237. The molecular formula is C21H20Br2O. The van der Waals surface area contributed by atoms with E-state index < -0.39 is 0 Å². The van der Waals surface area contributed by atoms with Crippen molar-refractivity contribution in [3.8, 4) is 0 Å². The van der Waals surface area contributed by atoms with Gasteiger partial charge in [0.15, 0.2) is 5.78 Å². The highest BCUT2D eigenvalue weighted by Gasteiger charge is 2.63. The summed E-state index contributed by atoms with van der Waals surface area (Å²) in [6.07, 6.45) is 3.99. The topological polar surface area (TPSA) is 17.1 Å². The molecule has 0 aliphatic heterocycles. The molecule has 0 heterocycles. The maximum atomic E-state index is 13.6. The van der Waals surface area contributed by atoms with Crippen molar-refractivity contribution in [1.29, 1.82) is 0 Å². The number of halogens is 2. The van der Waals surface area contributed by atoms with E-state index in [2.05, 4.69) is 80.4 Å². The molecule has 2 saturated carbocycles. The molecule has 1 nitrogen and oxygen atoms in total. The molecule has 0 unspecified atom stereocenters. The summed E-state index contributed by atoms with van der Waals surface area (Å²) in [5, 5.41) is 1.67. The summed E-state index contributed by atoms with van der Waals surface area (Å²) in [5.74, 6) is 0.452. The van der Waals surface area contributed by atoms with Gasteiger partial charge < -0.3 is 0 Å². The maximum absolute atomic E-state index is 13.6.